The summed E-state index contributed by atoms with van der Waals surface area (Å²) in [5.41, 5.74) is 2.37. The molecule has 1 saturated carbocycles. The number of nitrogens with one attached hydrogen (secondary N) is 2. The molecule has 0 aromatic carbocycles. The van der Waals surface area contributed by atoms with Crippen molar-refractivity contribution in [3.8, 4) is 0 Å². The lowest BCUT2D eigenvalue weighted by molar-refractivity contribution is 0.0963. The van der Waals surface area contributed by atoms with Crippen LogP contribution in [0.15, 0.2) is 6.07 Å². The fraction of sp³-hybridized carbons (Fsp3) is 0.625. The first-order chi connectivity index (χ1) is 11.4. The smallest absolute Gasteiger partial charge is 0.254 e. The van der Waals surface area contributed by atoms with E-state index in [2.05, 4.69) is 15.6 Å². The first-order valence-corrected chi connectivity index (χ1v) is 10.2. The molecule has 0 unspecified atom stereocenters. The molecule has 1 aromatic rings. The van der Waals surface area contributed by atoms with Crippen LogP contribution in [0.2, 0.25) is 0 Å². The Kier molecular flexibility index (Phi) is 4.78. The number of sulfonamides is 1. The molecule has 1 aliphatic heterocycles. The lowest BCUT2D eigenvalue weighted by atomic mass is 10.1. The van der Waals surface area contributed by atoms with Crippen molar-refractivity contribution < 1.29 is 13.2 Å². The molecule has 24 heavy (non-hydrogen) atoms. The average molecular weight is 352 g/mol. The Morgan fingerprint density at radius 3 is 2.67 bits per heavy atom. The van der Waals surface area contributed by atoms with Gasteiger partial charge >= 0.3 is 0 Å². The molecule has 1 aromatic heterocycles. The van der Waals surface area contributed by atoms with Crippen LogP contribution in [0.1, 0.15) is 34.5 Å². The van der Waals surface area contributed by atoms with Crippen molar-refractivity contribution in [1.29, 1.82) is 0 Å². The normalized spacial score (nSPS) is 18.6. The van der Waals surface area contributed by atoms with E-state index in [0.717, 1.165) is 17.8 Å². The highest BCUT2D eigenvalue weighted by molar-refractivity contribution is 7.88. The van der Waals surface area contributed by atoms with Crippen LogP contribution in [0.3, 0.4) is 0 Å². The van der Waals surface area contributed by atoms with Crippen molar-refractivity contribution in [1.82, 2.24) is 14.6 Å². The second kappa shape index (κ2) is 6.68. The number of hydrogen-bond acceptors (Lipinski definition) is 5. The van der Waals surface area contributed by atoms with E-state index < -0.39 is 10.0 Å². The van der Waals surface area contributed by atoms with Crippen LogP contribution in [-0.2, 0) is 22.9 Å². The summed E-state index contributed by atoms with van der Waals surface area (Å²) in [6.45, 7) is 1.68. The number of hydrogen-bond donors (Lipinski definition) is 2. The summed E-state index contributed by atoms with van der Waals surface area (Å²) in [5.74, 6) is 1.10. The molecular formula is C16H24N4O3S. The van der Waals surface area contributed by atoms with Crippen LogP contribution in [0.25, 0.3) is 0 Å². The molecule has 132 valence electrons. The van der Waals surface area contributed by atoms with E-state index in [-0.39, 0.29) is 5.91 Å². The van der Waals surface area contributed by atoms with Gasteiger partial charge in [-0.05, 0) is 36.8 Å². The average Bonchev–Trinajstić information content (AvgIpc) is 3.36. The topological polar surface area (TPSA) is 91.4 Å². The monoisotopic (exact) mass is 352 g/mol. The third-order valence-corrected chi connectivity index (χ3v) is 5.92. The van der Waals surface area contributed by atoms with E-state index in [1.165, 1.54) is 23.4 Å². The van der Waals surface area contributed by atoms with Crippen LogP contribution >= 0.6 is 0 Å². The largest absolute Gasteiger partial charge is 0.369 e. The lowest BCUT2D eigenvalue weighted by Crippen LogP contribution is -2.32. The minimum Gasteiger partial charge on any atom is -0.369 e. The highest BCUT2D eigenvalue weighted by atomic mass is 32.2. The predicted octanol–water partition coefficient (Wildman–Crippen LogP) is 0.623. The number of carbonyl (C=O) groups is 1. The van der Waals surface area contributed by atoms with Gasteiger partial charge in [-0.2, -0.15) is 0 Å². The summed E-state index contributed by atoms with van der Waals surface area (Å²) in [6, 6.07) is 1.86. The summed E-state index contributed by atoms with van der Waals surface area (Å²) in [6.07, 6.45) is 4.80. The maximum absolute atomic E-state index is 12.2. The van der Waals surface area contributed by atoms with Gasteiger partial charge < -0.3 is 10.6 Å². The third kappa shape index (κ3) is 3.87. The fourth-order valence-corrected chi connectivity index (χ4v) is 3.80. The third-order valence-electron chi connectivity index (χ3n) is 4.62. The summed E-state index contributed by atoms with van der Waals surface area (Å²) in [7, 11) is -1.61. The van der Waals surface area contributed by atoms with Gasteiger partial charge in [0.2, 0.25) is 10.0 Å². The minimum atomic E-state index is -3.21. The van der Waals surface area contributed by atoms with Crippen molar-refractivity contribution in [2.75, 3.05) is 38.3 Å². The van der Waals surface area contributed by atoms with Crippen LogP contribution in [-0.4, -0.2) is 56.6 Å². The number of anilines is 1. The zero-order chi connectivity index (χ0) is 17.3. The molecule has 0 saturated heterocycles. The molecule has 3 rings (SSSR count). The van der Waals surface area contributed by atoms with Gasteiger partial charge in [-0.1, -0.05) is 0 Å². The number of fused-ring (bicyclic) bond motifs is 1. The highest BCUT2D eigenvalue weighted by Crippen LogP contribution is 2.30. The first kappa shape index (κ1) is 17.2. The molecule has 1 fully saturated rings. The molecule has 0 atom stereocenters. The molecule has 1 amide bonds. The second-order valence-corrected chi connectivity index (χ2v) is 8.54. The van der Waals surface area contributed by atoms with Crippen LogP contribution < -0.4 is 10.6 Å². The second-order valence-electron chi connectivity index (χ2n) is 6.56. The maximum atomic E-state index is 12.2. The zero-order valence-electron chi connectivity index (χ0n) is 14.1. The fourth-order valence-electron chi connectivity index (χ4n) is 2.95. The van der Waals surface area contributed by atoms with Gasteiger partial charge in [0.1, 0.15) is 5.82 Å². The van der Waals surface area contributed by atoms with Crippen LogP contribution in [0.4, 0.5) is 5.82 Å². The highest BCUT2D eigenvalue weighted by Gasteiger charge is 2.25. The Bertz CT molecular complexity index is 744. The summed E-state index contributed by atoms with van der Waals surface area (Å²) >= 11 is 0. The Morgan fingerprint density at radius 2 is 2.04 bits per heavy atom. The standard InChI is InChI=1S/C16H24N4O3S/c1-17-16(21)13-9-12-5-7-20(24(2,22)23)8-6-14(12)19-15(13)18-10-11-3-4-11/h9,11H,3-8,10H2,1-2H3,(H,17,21)(H,18,19). The number of carbonyl (C=O) groups excluding carboxylic acids is 1. The van der Waals surface area contributed by atoms with E-state index in [4.69, 9.17) is 0 Å². The molecule has 2 aliphatic rings. The molecule has 0 radical (unpaired) electrons. The minimum absolute atomic E-state index is 0.173. The maximum Gasteiger partial charge on any atom is 0.254 e. The summed E-state index contributed by atoms with van der Waals surface area (Å²) in [4.78, 5) is 16.9. The Labute approximate surface area is 142 Å². The van der Waals surface area contributed by atoms with Crippen molar-refractivity contribution in [3.63, 3.8) is 0 Å². The number of pyridine rings is 1. The van der Waals surface area contributed by atoms with Gasteiger partial charge in [0.15, 0.2) is 0 Å². The molecule has 0 spiro atoms. The molecule has 2 N–H and O–H groups in total. The van der Waals surface area contributed by atoms with E-state index in [1.54, 1.807) is 7.05 Å². The van der Waals surface area contributed by atoms with Crippen molar-refractivity contribution in [2.45, 2.75) is 25.7 Å². The molecule has 2 heterocycles. The SMILES string of the molecule is CNC(=O)c1cc2c(nc1NCC1CC1)CCN(S(C)(=O)=O)CC2. The number of amides is 1. The Morgan fingerprint density at radius 1 is 1.33 bits per heavy atom. The Balaban J connectivity index is 1.88. The van der Waals surface area contributed by atoms with Gasteiger partial charge in [0.25, 0.3) is 5.91 Å². The molecular weight excluding hydrogens is 328 g/mol. The molecule has 7 nitrogen and oxygen atoms in total. The van der Waals surface area contributed by atoms with Gasteiger partial charge in [0, 0.05) is 38.8 Å². The van der Waals surface area contributed by atoms with E-state index >= 15 is 0 Å². The summed E-state index contributed by atoms with van der Waals surface area (Å²) < 4.78 is 25.1. The predicted molar refractivity (Wildman–Crippen MR) is 92.7 cm³/mol. The summed E-state index contributed by atoms with van der Waals surface area (Å²) in [5, 5.41) is 5.95. The van der Waals surface area contributed by atoms with Crippen molar-refractivity contribution in [2.24, 2.45) is 5.92 Å². The molecule has 1 aliphatic carbocycles. The zero-order valence-corrected chi connectivity index (χ0v) is 14.9. The Hall–Kier alpha value is -1.67. The van der Waals surface area contributed by atoms with Crippen LogP contribution in [0, 0.1) is 5.92 Å². The molecule has 8 heteroatoms. The number of rotatable bonds is 5. The number of aromatic nitrogens is 1. The van der Waals surface area contributed by atoms with Gasteiger partial charge in [-0.3, -0.25) is 4.79 Å². The van der Waals surface area contributed by atoms with Gasteiger partial charge in [-0.25, -0.2) is 17.7 Å². The molecule has 0 bridgehead atoms. The van der Waals surface area contributed by atoms with E-state index in [9.17, 15) is 13.2 Å². The number of nitrogens with zero attached hydrogens (tertiary/aromatic N) is 2. The first-order valence-electron chi connectivity index (χ1n) is 8.32. The lowest BCUT2D eigenvalue weighted by Gasteiger charge is -2.16. The van der Waals surface area contributed by atoms with Crippen molar-refractivity contribution >= 4 is 21.7 Å². The van der Waals surface area contributed by atoms with E-state index in [0.29, 0.717) is 43.2 Å². The van der Waals surface area contributed by atoms with Crippen LogP contribution in [0.5, 0.6) is 0 Å². The van der Waals surface area contributed by atoms with E-state index in [1.807, 2.05) is 6.07 Å². The van der Waals surface area contributed by atoms with Gasteiger partial charge in [-0.15, -0.1) is 0 Å². The van der Waals surface area contributed by atoms with Crippen molar-refractivity contribution in [3.05, 3.63) is 22.9 Å². The quantitative estimate of drug-likeness (QED) is 0.811. The van der Waals surface area contributed by atoms with Gasteiger partial charge in [0.05, 0.1) is 11.8 Å².